The lowest BCUT2D eigenvalue weighted by atomic mass is 10.7. The molecule has 4 heteroatoms. The van der Waals surface area contributed by atoms with E-state index in [1.54, 1.807) is 0 Å². The topological polar surface area (TPSA) is 17.1 Å². The molecule has 0 aromatic carbocycles. The maximum Gasteiger partial charge on any atom is 0.264 e. The number of hydrogen-bond donors (Lipinski definition) is 0. The van der Waals surface area contributed by atoms with Gasteiger partial charge in [-0.2, -0.15) is 0 Å². The van der Waals surface area contributed by atoms with Crippen molar-refractivity contribution in [1.82, 2.24) is 0 Å². The maximum absolute atomic E-state index is 9.91. The van der Waals surface area contributed by atoms with Crippen LogP contribution in [0.5, 0.6) is 0 Å². The summed E-state index contributed by atoms with van der Waals surface area (Å²) in [5.74, 6) is 0. The third kappa shape index (κ3) is 3.09. The Morgan fingerprint density at radius 2 is 2.00 bits per heavy atom. The Bertz CT molecular complexity index is 110. The van der Waals surface area contributed by atoms with Gasteiger partial charge in [-0.3, -0.25) is 4.79 Å². The van der Waals surface area contributed by atoms with Crippen LogP contribution in [0, 0.1) is 0 Å². The molecule has 0 fully saturated rings. The highest BCUT2D eigenvalue weighted by Gasteiger charge is 1.97. The minimum atomic E-state index is -0.654. The first-order valence-corrected chi connectivity index (χ1v) is 3.01. The SMILES string of the molecule is O=C(Cl)C(Cl)=CBr. The van der Waals surface area contributed by atoms with Crippen molar-refractivity contribution in [2.75, 3.05) is 0 Å². The number of halogens is 3. The molecule has 0 aliphatic heterocycles. The molecule has 0 atom stereocenters. The van der Waals surface area contributed by atoms with Crippen LogP contribution in [-0.2, 0) is 4.79 Å². The minimum Gasteiger partial charge on any atom is -0.275 e. The Kier molecular flexibility index (Phi) is 3.70. The molecule has 0 saturated heterocycles. The predicted octanol–water partition coefficient (Wildman–Crippen LogP) is 2.23. The van der Waals surface area contributed by atoms with Crippen LogP contribution in [0.15, 0.2) is 10.0 Å². The summed E-state index contributed by atoms with van der Waals surface area (Å²) in [7, 11) is 0. The molecule has 7 heavy (non-hydrogen) atoms. The Hall–Kier alpha value is 0.470. The summed E-state index contributed by atoms with van der Waals surface area (Å²) in [5.41, 5.74) is 0. The summed E-state index contributed by atoms with van der Waals surface area (Å²) in [5, 5.41) is -0.666. The molecule has 0 unspecified atom stereocenters. The van der Waals surface area contributed by atoms with Gasteiger partial charge in [-0.15, -0.1) is 0 Å². The van der Waals surface area contributed by atoms with Gasteiger partial charge in [0.05, 0.1) is 0 Å². The highest BCUT2D eigenvalue weighted by atomic mass is 79.9. The molecule has 1 nitrogen and oxygen atoms in total. The smallest absolute Gasteiger partial charge is 0.264 e. The first-order chi connectivity index (χ1) is 3.18. The summed E-state index contributed by atoms with van der Waals surface area (Å²) in [6, 6.07) is 0. The number of hydrogen-bond acceptors (Lipinski definition) is 1. The van der Waals surface area contributed by atoms with Crippen molar-refractivity contribution in [2.45, 2.75) is 0 Å². The van der Waals surface area contributed by atoms with Crippen molar-refractivity contribution < 1.29 is 4.79 Å². The highest BCUT2D eigenvalue weighted by Crippen LogP contribution is 2.07. The fourth-order valence-electron chi connectivity index (χ4n) is 0.0429. The Morgan fingerprint density at radius 3 is 2.00 bits per heavy atom. The predicted molar refractivity (Wildman–Crippen MR) is 33.7 cm³/mol. The molecule has 0 aliphatic rings. The second kappa shape index (κ2) is 3.47. The zero-order chi connectivity index (χ0) is 5.86. The second-order valence-corrected chi connectivity index (χ2v) is 1.94. The third-order valence-corrected chi connectivity index (χ3v) is 1.59. The van der Waals surface area contributed by atoms with E-state index in [0.29, 0.717) is 0 Å². The largest absolute Gasteiger partial charge is 0.275 e. The van der Waals surface area contributed by atoms with Crippen LogP contribution in [0.2, 0.25) is 0 Å². The molecule has 0 spiro atoms. The van der Waals surface area contributed by atoms with Gasteiger partial charge in [0.15, 0.2) is 0 Å². The summed E-state index contributed by atoms with van der Waals surface area (Å²) < 4.78 is 0. The minimum absolute atomic E-state index is 0.0123. The zero-order valence-electron chi connectivity index (χ0n) is 3.12. The quantitative estimate of drug-likeness (QED) is 0.472. The molecule has 0 heterocycles. The van der Waals surface area contributed by atoms with Gasteiger partial charge in [0, 0.05) is 4.99 Å². The summed E-state index contributed by atoms with van der Waals surface area (Å²) >= 11 is 12.8. The normalized spacial score (nSPS) is 11.6. The van der Waals surface area contributed by atoms with Crippen LogP contribution in [-0.4, -0.2) is 5.24 Å². The third-order valence-electron chi connectivity index (χ3n) is 0.284. The first kappa shape index (κ1) is 7.47. The van der Waals surface area contributed by atoms with E-state index in [-0.39, 0.29) is 5.03 Å². The highest BCUT2D eigenvalue weighted by molar-refractivity contribution is 9.11. The summed E-state index contributed by atoms with van der Waals surface area (Å²) in [4.78, 5) is 11.2. The Balaban J connectivity index is 3.82. The Labute approximate surface area is 59.4 Å². The Morgan fingerprint density at radius 1 is 1.57 bits per heavy atom. The van der Waals surface area contributed by atoms with E-state index in [4.69, 9.17) is 23.2 Å². The molecule has 0 bridgehead atoms. The van der Waals surface area contributed by atoms with E-state index in [0.717, 1.165) is 0 Å². The van der Waals surface area contributed by atoms with Gasteiger partial charge in [-0.25, -0.2) is 0 Å². The van der Waals surface area contributed by atoms with Gasteiger partial charge < -0.3 is 0 Å². The average molecular weight is 204 g/mol. The van der Waals surface area contributed by atoms with E-state index in [9.17, 15) is 4.79 Å². The van der Waals surface area contributed by atoms with Crippen molar-refractivity contribution in [3.05, 3.63) is 10.0 Å². The van der Waals surface area contributed by atoms with Crippen molar-refractivity contribution in [3.8, 4) is 0 Å². The van der Waals surface area contributed by atoms with Gasteiger partial charge in [0.1, 0.15) is 5.03 Å². The number of carbonyl (C=O) groups is 1. The lowest BCUT2D eigenvalue weighted by Gasteiger charge is -1.78. The summed E-state index contributed by atoms with van der Waals surface area (Å²) in [6.07, 6.45) is 0. The van der Waals surface area contributed by atoms with E-state index < -0.39 is 5.24 Å². The molecule has 0 aromatic rings. The summed E-state index contributed by atoms with van der Waals surface area (Å²) in [6.45, 7) is 0. The van der Waals surface area contributed by atoms with Crippen molar-refractivity contribution in [3.63, 3.8) is 0 Å². The molecule has 0 aromatic heterocycles. The average Bonchev–Trinajstić information content (AvgIpc) is 1.65. The molecule has 0 radical (unpaired) electrons. The van der Waals surface area contributed by atoms with E-state index in [1.807, 2.05) is 0 Å². The molecule has 40 valence electrons. The van der Waals surface area contributed by atoms with Crippen LogP contribution < -0.4 is 0 Å². The van der Waals surface area contributed by atoms with Gasteiger partial charge in [-0.1, -0.05) is 27.5 Å². The van der Waals surface area contributed by atoms with Crippen molar-refractivity contribution in [2.24, 2.45) is 0 Å². The fraction of sp³-hybridized carbons (Fsp3) is 0. The van der Waals surface area contributed by atoms with E-state index in [2.05, 4.69) is 15.9 Å². The molecule has 0 aliphatic carbocycles. The lowest BCUT2D eigenvalue weighted by Crippen LogP contribution is -1.80. The van der Waals surface area contributed by atoms with Gasteiger partial charge in [0.2, 0.25) is 0 Å². The zero-order valence-corrected chi connectivity index (χ0v) is 6.22. The molecule has 0 rings (SSSR count). The van der Waals surface area contributed by atoms with Crippen LogP contribution in [0.1, 0.15) is 0 Å². The van der Waals surface area contributed by atoms with Gasteiger partial charge in [-0.05, 0) is 11.6 Å². The maximum atomic E-state index is 9.91. The first-order valence-electron chi connectivity index (χ1n) is 1.34. The van der Waals surface area contributed by atoms with Crippen LogP contribution in [0.4, 0.5) is 0 Å². The lowest BCUT2D eigenvalue weighted by molar-refractivity contribution is -0.108. The van der Waals surface area contributed by atoms with Gasteiger partial charge >= 0.3 is 0 Å². The van der Waals surface area contributed by atoms with Gasteiger partial charge in [0.25, 0.3) is 5.24 Å². The molecular weight excluding hydrogens is 203 g/mol. The number of allylic oxidation sites excluding steroid dienone is 1. The fourth-order valence-corrected chi connectivity index (χ4v) is 0.437. The van der Waals surface area contributed by atoms with Crippen LogP contribution in [0.3, 0.4) is 0 Å². The van der Waals surface area contributed by atoms with Crippen LogP contribution in [0.25, 0.3) is 0 Å². The van der Waals surface area contributed by atoms with E-state index in [1.165, 1.54) is 4.99 Å². The van der Waals surface area contributed by atoms with Crippen molar-refractivity contribution >= 4 is 44.4 Å². The molecular formula is C3HBrCl2O. The molecule has 0 saturated carbocycles. The molecule has 0 amide bonds. The molecule has 0 N–H and O–H groups in total. The number of rotatable bonds is 1. The number of carbonyl (C=O) groups excluding carboxylic acids is 1. The van der Waals surface area contributed by atoms with Crippen molar-refractivity contribution in [1.29, 1.82) is 0 Å². The second-order valence-electron chi connectivity index (χ2n) is 0.731. The monoisotopic (exact) mass is 202 g/mol. The van der Waals surface area contributed by atoms with E-state index >= 15 is 0 Å². The standard InChI is InChI=1S/C3HBrCl2O/c4-1-2(5)3(6)7/h1H. The van der Waals surface area contributed by atoms with Crippen LogP contribution >= 0.6 is 39.1 Å².